The molecule has 0 N–H and O–H groups in total. The lowest BCUT2D eigenvalue weighted by Gasteiger charge is -2.33. The van der Waals surface area contributed by atoms with E-state index in [1.807, 2.05) is 0 Å². The molecule has 0 amide bonds. The Hall–Kier alpha value is -1.54. The van der Waals surface area contributed by atoms with Crippen LogP contribution in [0.1, 0.15) is 12.8 Å². The first-order chi connectivity index (χ1) is 12.3. The Balaban J connectivity index is 5.37. The van der Waals surface area contributed by atoms with E-state index in [9.17, 15) is 57.1 Å². The smallest absolute Gasteiger partial charge is 0.431 e. The fraction of sp³-hybridized carbons (Fsp3) is 0.769. The van der Waals surface area contributed by atoms with Crippen molar-refractivity contribution in [3.8, 4) is 0 Å². The zero-order valence-corrected chi connectivity index (χ0v) is 14.5. The summed E-state index contributed by atoms with van der Waals surface area (Å²) in [5, 5.41) is 0. The van der Waals surface area contributed by atoms with E-state index in [1.54, 1.807) is 0 Å². The highest BCUT2D eigenvalue weighted by atomic mass is 32.2. The molecule has 0 spiro atoms. The fourth-order valence-corrected chi connectivity index (χ4v) is 3.05. The van der Waals surface area contributed by atoms with Gasteiger partial charge in [0, 0.05) is 12.5 Å². The van der Waals surface area contributed by atoms with E-state index in [0.717, 1.165) is 0 Å². The molecule has 1 unspecified atom stereocenters. The van der Waals surface area contributed by atoms with Crippen molar-refractivity contribution in [3.63, 3.8) is 0 Å². The third-order valence-electron chi connectivity index (χ3n) is 3.47. The van der Waals surface area contributed by atoms with Gasteiger partial charge in [-0.2, -0.15) is 39.5 Å². The van der Waals surface area contributed by atoms with E-state index in [0.29, 0.717) is 6.08 Å². The number of alkyl halides is 10. The first kappa shape index (κ1) is 26.5. The molecular weight excluding hydrogens is 442 g/mol. The Labute approximate surface area is 152 Å². The van der Waals surface area contributed by atoms with Crippen molar-refractivity contribution >= 4 is 15.8 Å². The van der Waals surface area contributed by atoms with Crippen LogP contribution in [0.15, 0.2) is 12.7 Å². The molecule has 0 rings (SSSR count). The van der Waals surface area contributed by atoms with E-state index in [-0.39, 0.29) is 0 Å². The largest absolute Gasteiger partial charge is 0.461 e. The molecule has 0 bridgehead atoms. The van der Waals surface area contributed by atoms with Gasteiger partial charge in [-0.05, 0) is 6.42 Å². The SMILES string of the molecule is C=CC(=O)OCCS(=O)(=O)CCC(CC(F)(C(F)(F)F)C(F)(F)F)C(F)(F)F. The number of sulfone groups is 1. The number of carbonyl (C=O) groups is 1. The summed E-state index contributed by atoms with van der Waals surface area (Å²) < 4.78 is 154. The van der Waals surface area contributed by atoms with Crippen LogP contribution in [0.4, 0.5) is 43.9 Å². The van der Waals surface area contributed by atoms with Crippen LogP contribution in [0, 0.1) is 5.92 Å². The number of rotatable bonds is 9. The zero-order chi connectivity index (χ0) is 22.6. The molecule has 0 aliphatic carbocycles. The number of esters is 1. The number of hydrogen-bond acceptors (Lipinski definition) is 4. The monoisotopic (exact) mass is 456 g/mol. The van der Waals surface area contributed by atoms with E-state index in [4.69, 9.17) is 0 Å². The summed E-state index contributed by atoms with van der Waals surface area (Å²) in [6.07, 6.45) is -23.3. The molecule has 0 radical (unpaired) electrons. The van der Waals surface area contributed by atoms with E-state index in [1.165, 1.54) is 0 Å². The summed E-state index contributed by atoms with van der Waals surface area (Å²) in [5.41, 5.74) is -6.18. The minimum atomic E-state index is -6.70. The Morgan fingerprint density at radius 2 is 1.39 bits per heavy atom. The summed E-state index contributed by atoms with van der Waals surface area (Å²) in [4.78, 5) is 10.7. The van der Waals surface area contributed by atoms with Gasteiger partial charge in [0.2, 0.25) is 0 Å². The van der Waals surface area contributed by atoms with Crippen molar-refractivity contribution in [2.45, 2.75) is 37.0 Å². The molecule has 1 atom stereocenters. The van der Waals surface area contributed by atoms with Crippen molar-refractivity contribution in [1.82, 2.24) is 0 Å². The van der Waals surface area contributed by atoms with Crippen molar-refractivity contribution in [1.29, 1.82) is 0 Å². The molecule has 0 aromatic carbocycles. The molecule has 0 saturated carbocycles. The maximum absolute atomic E-state index is 13.6. The van der Waals surface area contributed by atoms with Crippen LogP contribution in [0.5, 0.6) is 0 Å². The van der Waals surface area contributed by atoms with Crippen LogP contribution in [0.25, 0.3) is 0 Å². The molecule has 166 valence electrons. The molecule has 0 aromatic heterocycles. The first-order valence-electron chi connectivity index (χ1n) is 7.15. The van der Waals surface area contributed by atoms with Crippen molar-refractivity contribution in [3.05, 3.63) is 12.7 Å². The van der Waals surface area contributed by atoms with Gasteiger partial charge in [0.25, 0.3) is 5.67 Å². The average molecular weight is 456 g/mol. The highest BCUT2D eigenvalue weighted by Gasteiger charge is 2.73. The fourth-order valence-electron chi connectivity index (χ4n) is 1.87. The van der Waals surface area contributed by atoms with Crippen molar-refractivity contribution in [2.24, 2.45) is 5.92 Å². The summed E-state index contributed by atoms with van der Waals surface area (Å²) >= 11 is 0. The lowest BCUT2D eigenvalue weighted by atomic mass is 9.88. The minimum Gasteiger partial charge on any atom is -0.461 e. The second-order valence-electron chi connectivity index (χ2n) is 5.55. The zero-order valence-electron chi connectivity index (χ0n) is 13.7. The maximum atomic E-state index is 13.6. The van der Waals surface area contributed by atoms with Gasteiger partial charge in [-0.25, -0.2) is 17.6 Å². The normalized spacial score (nSPS) is 15.2. The van der Waals surface area contributed by atoms with Gasteiger partial charge < -0.3 is 4.74 Å². The summed E-state index contributed by atoms with van der Waals surface area (Å²) in [6.45, 7) is 2.14. The number of halogens is 10. The maximum Gasteiger partial charge on any atom is 0.431 e. The van der Waals surface area contributed by atoms with Crippen LogP contribution in [-0.4, -0.2) is 56.7 Å². The van der Waals surface area contributed by atoms with Crippen molar-refractivity contribution < 1.29 is 61.9 Å². The molecule has 15 heteroatoms. The molecule has 0 heterocycles. The lowest BCUT2D eigenvalue weighted by Crippen LogP contribution is -2.55. The van der Waals surface area contributed by atoms with Crippen LogP contribution < -0.4 is 0 Å². The van der Waals surface area contributed by atoms with Crippen molar-refractivity contribution in [2.75, 3.05) is 18.1 Å². The van der Waals surface area contributed by atoms with Gasteiger partial charge in [-0.1, -0.05) is 6.58 Å². The average Bonchev–Trinajstić information content (AvgIpc) is 2.47. The van der Waals surface area contributed by atoms with Gasteiger partial charge >= 0.3 is 24.5 Å². The second kappa shape index (κ2) is 8.86. The lowest BCUT2D eigenvalue weighted by molar-refractivity contribution is -0.352. The molecule has 0 fully saturated rings. The quantitative estimate of drug-likeness (QED) is 0.300. The highest BCUT2D eigenvalue weighted by Crippen LogP contribution is 2.52. The van der Waals surface area contributed by atoms with E-state index in [2.05, 4.69) is 11.3 Å². The van der Waals surface area contributed by atoms with E-state index >= 15 is 0 Å². The Morgan fingerprint density at radius 3 is 1.75 bits per heavy atom. The second-order valence-corrected chi connectivity index (χ2v) is 7.86. The Morgan fingerprint density at radius 1 is 0.929 bits per heavy atom. The van der Waals surface area contributed by atoms with Gasteiger partial charge in [0.15, 0.2) is 9.84 Å². The van der Waals surface area contributed by atoms with Crippen LogP contribution >= 0.6 is 0 Å². The van der Waals surface area contributed by atoms with Crippen LogP contribution in [0.3, 0.4) is 0 Å². The molecule has 0 aliphatic rings. The van der Waals surface area contributed by atoms with Gasteiger partial charge in [-0.3, -0.25) is 0 Å². The predicted molar refractivity (Wildman–Crippen MR) is 74.5 cm³/mol. The highest BCUT2D eigenvalue weighted by molar-refractivity contribution is 7.91. The minimum absolute atomic E-state index is 0.640. The van der Waals surface area contributed by atoms with E-state index < -0.39 is 76.9 Å². The van der Waals surface area contributed by atoms with Crippen LogP contribution in [0.2, 0.25) is 0 Å². The Bertz CT molecular complexity index is 634. The Kier molecular flexibility index (Phi) is 8.37. The molecular formula is C13H14F10O4S. The van der Waals surface area contributed by atoms with Gasteiger partial charge in [0.1, 0.15) is 6.61 Å². The summed E-state index contributed by atoms with van der Waals surface area (Å²) in [5.74, 6) is -7.17. The third-order valence-corrected chi connectivity index (χ3v) is 5.12. The first-order valence-corrected chi connectivity index (χ1v) is 8.97. The topological polar surface area (TPSA) is 60.4 Å². The molecule has 0 saturated heterocycles. The van der Waals surface area contributed by atoms with Gasteiger partial charge in [0.05, 0.1) is 17.4 Å². The summed E-state index contributed by atoms with van der Waals surface area (Å²) in [6, 6.07) is 0. The number of ether oxygens (including phenoxy) is 1. The number of hydrogen-bond donors (Lipinski definition) is 0. The molecule has 0 aliphatic heterocycles. The van der Waals surface area contributed by atoms with Gasteiger partial charge in [-0.15, -0.1) is 0 Å². The predicted octanol–water partition coefficient (Wildman–Crippen LogP) is 3.92. The molecule has 28 heavy (non-hydrogen) atoms. The summed E-state index contributed by atoms with van der Waals surface area (Å²) in [7, 11) is -4.46. The number of carbonyl (C=O) groups excluding carboxylic acids is 1. The third kappa shape index (κ3) is 7.47. The molecule has 4 nitrogen and oxygen atoms in total. The molecule has 0 aromatic rings. The standard InChI is InChI=1S/C13H14F10O4S/c1-2-9(24)27-4-6-28(25,26)5-3-8(11(15,16)17)7-10(14,12(18,19)20)13(21,22)23/h2,8H,1,3-7H2. The van der Waals surface area contributed by atoms with Crippen LogP contribution in [-0.2, 0) is 19.4 Å².